The number of H-pyrrole nitrogens is 1. The van der Waals surface area contributed by atoms with Gasteiger partial charge in [0.2, 0.25) is 5.91 Å². The minimum atomic E-state index is -0.550. The fourth-order valence-electron chi connectivity index (χ4n) is 2.53. The van der Waals surface area contributed by atoms with Gasteiger partial charge in [-0.05, 0) is 37.4 Å². The van der Waals surface area contributed by atoms with E-state index in [1.165, 1.54) is 18.2 Å². The summed E-state index contributed by atoms with van der Waals surface area (Å²) in [5.74, 6) is 0.0383. The Kier molecular flexibility index (Phi) is 5.31. The van der Waals surface area contributed by atoms with Crippen molar-refractivity contribution in [1.29, 1.82) is 0 Å². The van der Waals surface area contributed by atoms with E-state index in [0.29, 0.717) is 18.0 Å². The maximum atomic E-state index is 13.7. The summed E-state index contributed by atoms with van der Waals surface area (Å²) in [6.45, 7) is 0.804. The summed E-state index contributed by atoms with van der Waals surface area (Å²) >= 11 is 5.70. The lowest BCUT2D eigenvalue weighted by atomic mass is 10.3. The van der Waals surface area contributed by atoms with E-state index >= 15 is 0 Å². The van der Waals surface area contributed by atoms with E-state index in [4.69, 9.17) is 11.6 Å². The van der Waals surface area contributed by atoms with Crippen LogP contribution in [-0.4, -0.2) is 40.9 Å². The highest BCUT2D eigenvalue weighted by atomic mass is 35.5. The third-order valence-electron chi connectivity index (χ3n) is 3.79. The average molecular weight is 361 g/mol. The summed E-state index contributed by atoms with van der Waals surface area (Å²) in [4.78, 5) is 21.7. The Labute approximate surface area is 149 Å². The van der Waals surface area contributed by atoms with Gasteiger partial charge in [-0.2, -0.15) is 0 Å². The number of amides is 1. The van der Waals surface area contributed by atoms with E-state index in [9.17, 15) is 9.18 Å². The summed E-state index contributed by atoms with van der Waals surface area (Å²) in [5, 5.41) is 2.84. The van der Waals surface area contributed by atoms with Gasteiger partial charge < -0.3 is 10.3 Å². The number of imidazole rings is 1. The molecule has 25 heavy (non-hydrogen) atoms. The Morgan fingerprint density at radius 1 is 1.32 bits per heavy atom. The van der Waals surface area contributed by atoms with E-state index in [1.54, 1.807) is 0 Å². The second-order valence-electron chi connectivity index (χ2n) is 5.86. The van der Waals surface area contributed by atoms with Crippen molar-refractivity contribution in [1.82, 2.24) is 14.9 Å². The standard InChI is InChI=1S/C18H18ClFN4O/c1-24(9-8-17-21-15-4-2-3-5-16(15)22-17)11-18(25)23-14-7-6-12(19)10-13(14)20/h2-7,10H,8-9,11H2,1H3,(H,21,22)(H,23,25). The molecule has 3 rings (SSSR count). The van der Waals surface area contributed by atoms with Gasteiger partial charge in [-0.15, -0.1) is 0 Å². The molecule has 0 saturated carbocycles. The monoisotopic (exact) mass is 360 g/mol. The predicted octanol–water partition coefficient (Wildman–Crippen LogP) is 3.47. The molecule has 0 spiro atoms. The molecule has 3 aromatic rings. The number of benzene rings is 2. The van der Waals surface area contributed by atoms with Crippen LogP contribution in [0.2, 0.25) is 5.02 Å². The molecule has 130 valence electrons. The largest absolute Gasteiger partial charge is 0.342 e. The molecule has 0 atom stereocenters. The molecule has 0 aliphatic carbocycles. The van der Waals surface area contributed by atoms with Gasteiger partial charge in [0.25, 0.3) is 0 Å². The first-order valence-electron chi connectivity index (χ1n) is 7.88. The van der Waals surface area contributed by atoms with Crippen molar-refractivity contribution < 1.29 is 9.18 Å². The fourth-order valence-corrected chi connectivity index (χ4v) is 2.68. The maximum Gasteiger partial charge on any atom is 0.238 e. The van der Waals surface area contributed by atoms with Crippen LogP contribution in [0.3, 0.4) is 0 Å². The van der Waals surface area contributed by atoms with Crippen LogP contribution >= 0.6 is 11.6 Å². The molecule has 1 aromatic heterocycles. The second-order valence-corrected chi connectivity index (χ2v) is 6.30. The quantitative estimate of drug-likeness (QED) is 0.707. The first kappa shape index (κ1) is 17.4. The van der Waals surface area contributed by atoms with Crippen molar-refractivity contribution in [2.24, 2.45) is 0 Å². The number of nitrogens with one attached hydrogen (secondary N) is 2. The molecule has 0 bridgehead atoms. The summed E-state index contributed by atoms with van der Waals surface area (Å²) < 4.78 is 13.7. The Hall–Kier alpha value is -2.44. The Bertz CT molecular complexity index is 863. The second kappa shape index (κ2) is 7.63. The molecule has 0 radical (unpaired) electrons. The molecule has 0 saturated heterocycles. The van der Waals surface area contributed by atoms with Crippen molar-refractivity contribution in [2.45, 2.75) is 6.42 Å². The number of para-hydroxylation sites is 2. The number of fused-ring (bicyclic) bond motifs is 1. The lowest BCUT2D eigenvalue weighted by Gasteiger charge is -2.15. The third-order valence-corrected chi connectivity index (χ3v) is 4.02. The molecule has 0 fully saturated rings. The van der Waals surface area contributed by atoms with E-state index in [-0.39, 0.29) is 18.1 Å². The van der Waals surface area contributed by atoms with Gasteiger partial charge in [0.1, 0.15) is 11.6 Å². The molecule has 2 N–H and O–H groups in total. The Balaban J connectivity index is 1.51. The summed E-state index contributed by atoms with van der Waals surface area (Å²) in [6.07, 6.45) is 0.688. The van der Waals surface area contributed by atoms with Crippen LogP contribution in [0.5, 0.6) is 0 Å². The number of carbonyl (C=O) groups is 1. The highest BCUT2D eigenvalue weighted by Crippen LogP contribution is 2.18. The Morgan fingerprint density at radius 3 is 2.88 bits per heavy atom. The van der Waals surface area contributed by atoms with Gasteiger partial charge in [0.15, 0.2) is 0 Å². The van der Waals surface area contributed by atoms with E-state index in [0.717, 1.165) is 16.9 Å². The normalized spacial score (nSPS) is 11.2. The SMILES string of the molecule is CN(CCc1nc2ccccc2[nH]1)CC(=O)Nc1ccc(Cl)cc1F. The predicted molar refractivity (Wildman–Crippen MR) is 97.3 cm³/mol. The third kappa shape index (κ3) is 4.55. The van der Waals surface area contributed by atoms with Gasteiger partial charge in [0, 0.05) is 18.0 Å². The molecular formula is C18H18ClFN4O. The zero-order valence-electron chi connectivity index (χ0n) is 13.7. The number of anilines is 1. The average Bonchev–Trinajstić information content (AvgIpc) is 2.98. The van der Waals surface area contributed by atoms with Crippen molar-refractivity contribution >= 4 is 34.2 Å². The van der Waals surface area contributed by atoms with Crippen LogP contribution < -0.4 is 5.32 Å². The Morgan fingerprint density at radius 2 is 2.12 bits per heavy atom. The number of halogens is 2. The molecule has 0 unspecified atom stereocenters. The van der Waals surface area contributed by atoms with Gasteiger partial charge in [0.05, 0.1) is 23.3 Å². The molecule has 1 heterocycles. The number of hydrogen-bond acceptors (Lipinski definition) is 3. The van der Waals surface area contributed by atoms with Gasteiger partial charge in [-0.25, -0.2) is 9.37 Å². The zero-order chi connectivity index (χ0) is 17.8. The van der Waals surface area contributed by atoms with Crippen LogP contribution in [0, 0.1) is 5.82 Å². The van der Waals surface area contributed by atoms with Crippen LogP contribution in [0.4, 0.5) is 10.1 Å². The smallest absolute Gasteiger partial charge is 0.238 e. The number of likely N-dealkylation sites (N-methyl/N-ethyl adjacent to an activating group) is 1. The summed E-state index contributed by atoms with van der Waals surface area (Å²) in [5.41, 5.74) is 2.05. The van der Waals surface area contributed by atoms with E-state index < -0.39 is 5.82 Å². The lowest BCUT2D eigenvalue weighted by Crippen LogP contribution is -2.32. The van der Waals surface area contributed by atoms with Crippen LogP contribution in [0.1, 0.15) is 5.82 Å². The molecule has 7 heteroatoms. The van der Waals surface area contributed by atoms with Crippen molar-refractivity contribution in [3.63, 3.8) is 0 Å². The van der Waals surface area contributed by atoms with Gasteiger partial charge in [-0.3, -0.25) is 9.69 Å². The molecule has 0 aliphatic heterocycles. The van der Waals surface area contributed by atoms with Gasteiger partial charge in [-0.1, -0.05) is 23.7 Å². The topological polar surface area (TPSA) is 61.0 Å². The first-order valence-corrected chi connectivity index (χ1v) is 8.26. The maximum absolute atomic E-state index is 13.7. The van der Waals surface area contributed by atoms with Gasteiger partial charge >= 0.3 is 0 Å². The minimum absolute atomic E-state index is 0.125. The summed E-state index contributed by atoms with van der Waals surface area (Å²) in [7, 11) is 1.83. The van der Waals surface area contributed by atoms with Crippen molar-refractivity contribution in [2.75, 3.05) is 25.5 Å². The minimum Gasteiger partial charge on any atom is -0.342 e. The van der Waals surface area contributed by atoms with Crippen molar-refractivity contribution in [3.05, 3.63) is 59.1 Å². The zero-order valence-corrected chi connectivity index (χ0v) is 14.5. The van der Waals surface area contributed by atoms with E-state index in [1.807, 2.05) is 36.2 Å². The number of aromatic amines is 1. The van der Waals surface area contributed by atoms with E-state index in [2.05, 4.69) is 15.3 Å². The fraction of sp³-hybridized carbons (Fsp3) is 0.222. The molecule has 0 aliphatic rings. The lowest BCUT2D eigenvalue weighted by molar-refractivity contribution is -0.117. The number of hydrogen-bond donors (Lipinski definition) is 2. The molecular weight excluding hydrogens is 343 g/mol. The molecule has 1 amide bonds. The van der Waals surface area contributed by atoms with Crippen LogP contribution in [0.15, 0.2) is 42.5 Å². The number of aromatic nitrogens is 2. The highest BCUT2D eigenvalue weighted by Gasteiger charge is 2.11. The van der Waals surface area contributed by atoms with Crippen LogP contribution in [0.25, 0.3) is 11.0 Å². The highest BCUT2D eigenvalue weighted by molar-refractivity contribution is 6.30. The summed E-state index contributed by atoms with van der Waals surface area (Å²) in [6, 6.07) is 12.0. The van der Waals surface area contributed by atoms with Crippen LogP contribution in [-0.2, 0) is 11.2 Å². The number of rotatable bonds is 6. The number of nitrogens with zero attached hydrogens (tertiary/aromatic N) is 2. The number of carbonyl (C=O) groups excluding carboxylic acids is 1. The first-order chi connectivity index (χ1) is 12.0. The molecule has 2 aromatic carbocycles. The van der Waals surface area contributed by atoms with Crippen molar-refractivity contribution in [3.8, 4) is 0 Å². The molecule has 5 nitrogen and oxygen atoms in total.